The number of benzene rings is 1. The van der Waals surface area contributed by atoms with Crippen LogP contribution in [0, 0.1) is 0 Å². The van der Waals surface area contributed by atoms with Crippen LogP contribution in [0.5, 0.6) is 11.5 Å². The maximum Gasteiger partial charge on any atom is 0.341 e. The highest BCUT2D eigenvalue weighted by molar-refractivity contribution is 6.04. The normalized spacial score (nSPS) is 10.9. The van der Waals surface area contributed by atoms with Crippen molar-refractivity contribution in [2.45, 2.75) is 0 Å². The van der Waals surface area contributed by atoms with Gasteiger partial charge in [-0.15, -0.1) is 0 Å². The SMILES string of the molecule is COC(=O)c1cc(OC)cc(C(N)=NO)c1OC. The lowest BCUT2D eigenvalue weighted by Gasteiger charge is -2.13. The highest BCUT2D eigenvalue weighted by Crippen LogP contribution is 2.29. The largest absolute Gasteiger partial charge is 0.497 e. The van der Waals surface area contributed by atoms with Crippen molar-refractivity contribution in [1.29, 1.82) is 0 Å². The molecule has 0 aromatic heterocycles. The smallest absolute Gasteiger partial charge is 0.341 e. The van der Waals surface area contributed by atoms with Crippen molar-refractivity contribution in [3.05, 3.63) is 23.3 Å². The zero-order chi connectivity index (χ0) is 13.7. The van der Waals surface area contributed by atoms with Gasteiger partial charge in [0.2, 0.25) is 0 Å². The molecule has 0 bridgehead atoms. The van der Waals surface area contributed by atoms with Crippen molar-refractivity contribution < 1.29 is 24.2 Å². The summed E-state index contributed by atoms with van der Waals surface area (Å²) in [5, 5.41) is 11.6. The predicted molar refractivity (Wildman–Crippen MR) is 63.4 cm³/mol. The van der Waals surface area contributed by atoms with Crippen LogP contribution in [0.3, 0.4) is 0 Å². The molecule has 0 atom stereocenters. The zero-order valence-electron chi connectivity index (χ0n) is 10.3. The maximum atomic E-state index is 11.6. The van der Waals surface area contributed by atoms with Crippen LogP contribution in [0.25, 0.3) is 0 Å². The van der Waals surface area contributed by atoms with Gasteiger partial charge in [-0.2, -0.15) is 0 Å². The molecule has 7 nitrogen and oxygen atoms in total. The molecule has 0 fully saturated rings. The van der Waals surface area contributed by atoms with E-state index >= 15 is 0 Å². The molecule has 0 radical (unpaired) electrons. The summed E-state index contributed by atoms with van der Waals surface area (Å²) in [6.07, 6.45) is 0. The van der Waals surface area contributed by atoms with Gasteiger partial charge in [-0.1, -0.05) is 5.16 Å². The Kier molecular flexibility index (Phi) is 4.36. The fourth-order valence-corrected chi connectivity index (χ4v) is 1.45. The Labute approximate surface area is 104 Å². The first kappa shape index (κ1) is 13.6. The Balaban J connectivity index is 3.54. The van der Waals surface area contributed by atoms with Gasteiger partial charge in [0.25, 0.3) is 0 Å². The molecular formula is C11H14N2O5. The van der Waals surface area contributed by atoms with E-state index in [-0.39, 0.29) is 22.7 Å². The lowest BCUT2D eigenvalue weighted by atomic mass is 10.1. The number of nitrogens with zero attached hydrogens (tertiary/aromatic N) is 1. The molecule has 1 rings (SSSR count). The van der Waals surface area contributed by atoms with E-state index in [1.165, 1.54) is 33.5 Å². The molecule has 0 amide bonds. The fraction of sp³-hybridized carbons (Fsp3) is 0.273. The minimum atomic E-state index is -0.613. The molecule has 0 aliphatic carbocycles. The number of rotatable bonds is 4. The molecule has 1 aromatic rings. The lowest BCUT2D eigenvalue weighted by Crippen LogP contribution is -2.17. The summed E-state index contributed by atoms with van der Waals surface area (Å²) in [7, 11) is 4.03. The number of oxime groups is 1. The van der Waals surface area contributed by atoms with Gasteiger partial charge in [0.1, 0.15) is 17.1 Å². The quantitative estimate of drug-likeness (QED) is 0.268. The Morgan fingerprint density at radius 3 is 2.28 bits per heavy atom. The van der Waals surface area contributed by atoms with Crippen molar-refractivity contribution in [3.63, 3.8) is 0 Å². The van der Waals surface area contributed by atoms with E-state index in [9.17, 15) is 4.79 Å². The summed E-state index contributed by atoms with van der Waals surface area (Å²) in [5.41, 5.74) is 5.88. The first-order valence-corrected chi connectivity index (χ1v) is 4.91. The fourth-order valence-electron chi connectivity index (χ4n) is 1.45. The monoisotopic (exact) mass is 254 g/mol. The number of carbonyl (C=O) groups is 1. The molecular weight excluding hydrogens is 240 g/mol. The summed E-state index contributed by atoms with van der Waals surface area (Å²) in [5.74, 6) is -0.301. The van der Waals surface area contributed by atoms with Gasteiger partial charge in [0.05, 0.1) is 26.9 Å². The van der Waals surface area contributed by atoms with Crippen molar-refractivity contribution in [3.8, 4) is 11.5 Å². The van der Waals surface area contributed by atoms with Crippen molar-refractivity contribution >= 4 is 11.8 Å². The second kappa shape index (κ2) is 5.76. The highest BCUT2D eigenvalue weighted by atomic mass is 16.5. The summed E-state index contributed by atoms with van der Waals surface area (Å²) in [6, 6.07) is 2.93. The van der Waals surface area contributed by atoms with E-state index in [2.05, 4.69) is 9.89 Å². The number of hydrogen-bond donors (Lipinski definition) is 2. The third kappa shape index (κ3) is 2.45. The van der Waals surface area contributed by atoms with E-state index in [0.717, 1.165) is 0 Å². The first-order valence-electron chi connectivity index (χ1n) is 4.91. The Morgan fingerprint density at radius 2 is 1.83 bits per heavy atom. The molecule has 0 heterocycles. The Morgan fingerprint density at radius 1 is 1.22 bits per heavy atom. The molecule has 0 saturated carbocycles. The van der Waals surface area contributed by atoms with E-state index in [1.807, 2.05) is 0 Å². The molecule has 98 valence electrons. The van der Waals surface area contributed by atoms with Crippen LogP contribution in [-0.4, -0.2) is 38.3 Å². The van der Waals surface area contributed by atoms with Crippen LogP contribution in [0.4, 0.5) is 0 Å². The number of carbonyl (C=O) groups excluding carboxylic acids is 1. The summed E-state index contributed by atoms with van der Waals surface area (Å²) in [6.45, 7) is 0. The topological polar surface area (TPSA) is 103 Å². The lowest BCUT2D eigenvalue weighted by molar-refractivity contribution is 0.0596. The van der Waals surface area contributed by atoms with Crippen LogP contribution in [0.2, 0.25) is 0 Å². The van der Waals surface area contributed by atoms with Crippen LogP contribution in [0.1, 0.15) is 15.9 Å². The summed E-state index contributed by atoms with van der Waals surface area (Å²) >= 11 is 0. The molecule has 18 heavy (non-hydrogen) atoms. The number of nitrogens with two attached hydrogens (primary N) is 1. The molecule has 0 aliphatic rings. The third-order valence-electron chi connectivity index (χ3n) is 2.29. The van der Waals surface area contributed by atoms with Crippen LogP contribution in [-0.2, 0) is 4.74 Å². The molecule has 0 saturated heterocycles. The van der Waals surface area contributed by atoms with Crippen LogP contribution < -0.4 is 15.2 Å². The minimum Gasteiger partial charge on any atom is -0.497 e. The highest BCUT2D eigenvalue weighted by Gasteiger charge is 2.20. The van der Waals surface area contributed by atoms with Gasteiger partial charge in [-0.05, 0) is 12.1 Å². The van der Waals surface area contributed by atoms with Gasteiger partial charge < -0.3 is 25.2 Å². The van der Waals surface area contributed by atoms with Gasteiger partial charge in [-0.25, -0.2) is 4.79 Å². The summed E-state index contributed by atoms with van der Waals surface area (Å²) in [4.78, 5) is 11.6. The van der Waals surface area contributed by atoms with Gasteiger partial charge in [0.15, 0.2) is 5.84 Å². The molecule has 7 heteroatoms. The molecule has 0 unspecified atom stereocenters. The second-order valence-electron chi connectivity index (χ2n) is 3.23. The number of amidine groups is 1. The number of esters is 1. The maximum absolute atomic E-state index is 11.6. The number of hydrogen-bond acceptors (Lipinski definition) is 6. The standard InChI is InChI=1S/C11H14N2O5/c1-16-6-4-7(10(12)13-15)9(17-2)8(5-6)11(14)18-3/h4-5,15H,1-3H3,(H2,12,13). The average Bonchev–Trinajstić information content (AvgIpc) is 2.43. The van der Waals surface area contributed by atoms with Gasteiger partial charge in [0, 0.05) is 0 Å². The van der Waals surface area contributed by atoms with Crippen LogP contribution >= 0.6 is 0 Å². The molecule has 3 N–H and O–H groups in total. The second-order valence-corrected chi connectivity index (χ2v) is 3.23. The minimum absolute atomic E-state index is 0.126. The first-order chi connectivity index (χ1) is 8.58. The van der Waals surface area contributed by atoms with E-state index in [0.29, 0.717) is 5.75 Å². The third-order valence-corrected chi connectivity index (χ3v) is 2.29. The molecule has 0 aliphatic heterocycles. The van der Waals surface area contributed by atoms with Crippen molar-refractivity contribution in [2.75, 3.05) is 21.3 Å². The van der Waals surface area contributed by atoms with Crippen molar-refractivity contribution in [1.82, 2.24) is 0 Å². The zero-order valence-corrected chi connectivity index (χ0v) is 10.3. The van der Waals surface area contributed by atoms with Crippen molar-refractivity contribution in [2.24, 2.45) is 10.9 Å². The van der Waals surface area contributed by atoms with Gasteiger partial charge >= 0.3 is 5.97 Å². The van der Waals surface area contributed by atoms with E-state index in [4.69, 9.17) is 20.4 Å². The average molecular weight is 254 g/mol. The molecule has 1 aromatic carbocycles. The predicted octanol–water partition coefficient (Wildman–Crippen LogP) is 0.585. The Hall–Kier alpha value is -2.44. The van der Waals surface area contributed by atoms with E-state index in [1.54, 1.807) is 0 Å². The van der Waals surface area contributed by atoms with Crippen LogP contribution in [0.15, 0.2) is 17.3 Å². The number of ether oxygens (including phenoxy) is 3. The van der Waals surface area contributed by atoms with E-state index < -0.39 is 5.97 Å². The Bertz CT molecular complexity index is 485. The van der Waals surface area contributed by atoms with Gasteiger partial charge in [-0.3, -0.25) is 0 Å². The number of methoxy groups -OCH3 is 3. The molecule has 0 spiro atoms. The summed E-state index contributed by atoms with van der Waals surface area (Å²) < 4.78 is 14.8.